The summed E-state index contributed by atoms with van der Waals surface area (Å²) in [6, 6.07) is 0.324. The Labute approximate surface area is 121 Å². The number of hydrogen-bond donors (Lipinski definition) is 2. The highest BCUT2D eigenvalue weighted by Gasteiger charge is 2.40. The molecule has 2 saturated carbocycles. The van der Waals surface area contributed by atoms with Crippen LogP contribution in [-0.4, -0.2) is 45.4 Å². The van der Waals surface area contributed by atoms with Gasteiger partial charge in [-0.3, -0.25) is 4.79 Å². The molecule has 20 heavy (non-hydrogen) atoms. The lowest BCUT2D eigenvalue weighted by atomic mass is 9.65. The third kappa shape index (κ3) is 4.17. The molecule has 2 unspecified atom stereocenters. The fourth-order valence-corrected chi connectivity index (χ4v) is 3.64. The summed E-state index contributed by atoms with van der Waals surface area (Å²) in [6.07, 6.45) is 5.61. The second-order valence-electron chi connectivity index (χ2n) is 6.09. The van der Waals surface area contributed by atoms with Gasteiger partial charge in [-0.1, -0.05) is 6.42 Å². The molecule has 5 nitrogen and oxygen atoms in total. The van der Waals surface area contributed by atoms with Crippen molar-refractivity contribution in [2.45, 2.75) is 38.1 Å². The Morgan fingerprint density at radius 2 is 1.90 bits per heavy atom. The molecule has 0 saturated heterocycles. The van der Waals surface area contributed by atoms with E-state index in [1.807, 2.05) is 0 Å². The average Bonchev–Trinajstić information content (AvgIpc) is 2.42. The van der Waals surface area contributed by atoms with Gasteiger partial charge < -0.3 is 20.5 Å². The van der Waals surface area contributed by atoms with Gasteiger partial charge in [0.05, 0.1) is 19.8 Å². The molecule has 2 aliphatic rings. The number of nitrogens with one attached hydrogen (secondary N) is 1. The highest BCUT2D eigenvalue weighted by molar-refractivity contribution is 5.78. The van der Waals surface area contributed by atoms with Crippen molar-refractivity contribution in [1.29, 1.82) is 0 Å². The maximum atomic E-state index is 12.2. The molecule has 0 aromatic rings. The monoisotopic (exact) mass is 284 g/mol. The highest BCUT2D eigenvalue weighted by Crippen LogP contribution is 2.41. The van der Waals surface area contributed by atoms with Crippen molar-refractivity contribution >= 4 is 5.91 Å². The average molecular weight is 284 g/mol. The first-order valence-corrected chi connectivity index (χ1v) is 7.82. The lowest BCUT2D eigenvalue weighted by molar-refractivity contribution is -0.128. The van der Waals surface area contributed by atoms with Gasteiger partial charge in [-0.2, -0.15) is 0 Å². The molecule has 3 N–H and O–H groups in total. The molecule has 2 rings (SSSR count). The van der Waals surface area contributed by atoms with Crippen LogP contribution in [0.15, 0.2) is 0 Å². The summed E-state index contributed by atoms with van der Waals surface area (Å²) in [6.45, 7) is 2.31. The molecule has 2 bridgehead atoms. The number of nitrogens with two attached hydrogens (primary N) is 1. The SMILES string of the molecule is COCCOCCNC(=O)C1CC2CCCC(C1)C2N. The minimum Gasteiger partial charge on any atom is -0.382 e. The third-order valence-corrected chi connectivity index (χ3v) is 4.76. The molecule has 0 heterocycles. The molecule has 0 radical (unpaired) electrons. The van der Waals surface area contributed by atoms with E-state index in [9.17, 15) is 4.79 Å². The lowest BCUT2D eigenvalue weighted by Gasteiger charge is -2.43. The van der Waals surface area contributed by atoms with Crippen LogP contribution in [0, 0.1) is 17.8 Å². The quantitative estimate of drug-likeness (QED) is 0.682. The van der Waals surface area contributed by atoms with Crippen molar-refractivity contribution in [2.24, 2.45) is 23.5 Å². The van der Waals surface area contributed by atoms with E-state index in [1.165, 1.54) is 19.3 Å². The first-order chi connectivity index (χ1) is 9.72. The molecule has 2 fully saturated rings. The van der Waals surface area contributed by atoms with Crippen molar-refractivity contribution in [3.05, 3.63) is 0 Å². The molecule has 5 heteroatoms. The van der Waals surface area contributed by atoms with E-state index < -0.39 is 0 Å². The summed E-state index contributed by atoms with van der Waals surface area (Å²) in [4.78, 5) is 12.2. The minimum absolute atomic E-state index is 0.157. The van der Waals surface area contributed by atoms with Crippen LogP contribution in [-0.2, 0) is 14.3 Å². The number of rotatable bonds is 7. The molecular formula is C15H28N2O3. The minimum atomic E-state index is 0.157. The predicted octanol–water partition coefficient (Wildman–Crippen LogP) is 0.919. The topological polar surface area (TPSA) is 73.6 Å². The summed E-state index contributed by atoms with van der Waals surface area (Å²) < 4.78 is 10.2. The van der Waals surface area contributed by atoms with E-state index in [1.54, 1.807) is 7.11 Å². The second-order valence-corrected chi connectivity index (χ2v) is 6.09. The number of amides is 1. The zero-order chi connectivity index (χ0) is 14.4. The highest BCUT2D eigenvalue weighted by atomic mass is 16.5. The zero-order valence-corrected chi connectivity index (χ0v) is 12.5. The van der Waals surface area contributed by atoms with Gasteiger partial charge in [0.25, 0.3) is 0 Å². The van der Waals surface area contributed by atoms with Crippen LogP contribution >= 0.6 is 0 Å². The van der Waals surface area contributed by atoms with Gasteiger partial charge in [0.15, 0.2) is 0 Å². The van der Waals surface area contributed by atoms with Gasteiger partial charge in [-0.05, 0) is 37.5 Å². The van der Waals surface area contributed by atoms with E-state index >= 15 is 0 Å². The number of carbonyl (C=O) groups is 1. The molecule has 2 aliphatic carbocycles. The second kappa shape index (κ2) is 7.96. The maximum Gasteiger partial charge on any atom is 0.223 e. The van der Waals surface area contributed by atoms with Crippen LogP contribution in [0.3, 0.4) is 0 Å². The standard InChI is InChI=1S/C15H28N2O3/c1-19-7-8-20-6-5-17-15(18)13-9-11-3-2-4-12(10-13)14(11)16/h11-14H,2-10,16H2,1H3,(H,17,18). The summed E-state index contributed by atoms with van der Waals surface area (Å²) in [5.74, 6) is 1.45. The molecule has 0 aliphatic heterocycles. The Balaban J connectivity index is 1.66. The van der Waals surface area contributed by atoms with Crippen molar-refractivity contribution in [3.63, 3.8) is 0 Å². The van der Waals surface area contributed by atoms with E-state index in [0.29, 0.717) is 44.2 Å². The number of fused-ring (bicyclic) bond motifs is 2. The third-order valence-electron chi connectivity index (χ3n) is 4.76. The van der Waals surface area contributed by atoms with Gasteiger partial charge in [0.1, 0.15) is 0 Å². The lowest BCUT2D eigenvalue weighted by Crippen LogP contribution is -2.49. The van der Waals surface area contributed by atoms with Crippen molar-refractivity contribution < 1.29 is 14.3 Å². The van der Waals surface area contributed by atoms with Gasteiger partial charge in [-0.15, -0.1) is 0 Å². The Morgan fingerprint density at radius 1 is 1.20 bits per heavy atom. The fourth-order valence-electron chi connectivity index (χ4n) is 3.64. The molecule has 0 aromatic carbocycles. The smallest absolute Gasteiger partial charge is 0.223 e. The number of methoxy groups -OCH3 is 1. The Morgan fingerprint density at radius 3 is 2.55 bits per heavy atom. The molecular weight excluding hydrogens is 256 g/mol. The van der Waals surface area contributed by atoms with Crippen LogP contribution in [0.5, 0.6) is 0 Å². The summed E-state index contributed by atoms with van der Waals surface area (Å²) in [5.41, 5.74) is 6.25. The predicted molar refractivity (Wildman–Crippen MR) is 77.2 cm³/mol. The molecule has 0 aromatic heterocycles. The van der Waals surface area contributed by atoms with Crippen LogP contribution < -0.4 is 11.1 Å². The molecule has 116 valence electrons. The van der Waals surface area contributed by atoms with Crippen LogP contribution in [0.4, 0.5) is 0 Å². The van der Waals surface area contributed by atoms with Crippen molar-refractivity contribution in [2.75, 3.05) is 33.5 Å². The Bertz CT molecular complexity index is 297. The van der Waals surface area contributed by atoms with Crippen LogP contribution in [0.1, 0.15) is 32.1 Å². The Hall–Kier alpha value is -0.650. The van der Waals surface area contributed by atoms with Gasteiger partial charge in [-0.25, -0.2) is 0 Å². The van der Waals surface area contributed by atoms with Crippen LogP contribution in [0.25, 0.3) is 0 Å². The van der Waals surface area contributed by atoms with E-state index in [0.717, 1.165) is 12.8 Å². The molecule has 0 spiro atoms. The number of carbonyl (C=O) groups excluding carboxylic acids is 1. The summed E-state index contributed by atoms with van der Waals surface area (Å²) in [7, 11) is 1.65. The van der Waals surface area contributed by atoms with E-state index in [4.69, 9.17) is 15.2 Å². The van der Waals surface area contributed by atoms with Gasteiger partial charge >= 0.3 is 0 Å². The first kappa shape index (κ1) is 15.7. The van der Waals surface area contributed by atoms with E-state index in [2.05, 4.69) is 5.32 Å². The number of ether oxygens (including phenoxy) is 2. The van der Waals surface area contributed by atoms with Crippen LogP contribution in [0.2, 0.25) is 0 Å². The molecule has 1 amide bonds. The largest absolute Gasteiger partial charge is 0.382 e. The molecule has 2 atom stereocenters. The summed E-state index contributed by atoms with van der Waals surface area (Å²) >= 11 is 0. The van der Waals surface area contributed by atoms with Crippen molar-refractivity contribution in [3.8, 4) is 0 Å². The zero-order valence-electron chi connectivity index (χ0n) is 12.5. The maximum absolute atomic E-state index is 12.2. The fraction of sp³-hybridized carbons (Fsp3) is 0.933. The van der Waals surface area contributed by atoms with Gasteiger partial charge in [0.2, 0.25) is 5.91 Å². The normalized spacial score (nSPS) is 32.9. The van der Waals surface area contributed by atoms with E-state index in [-0.39, 0.29) is 11.8 Å². The number of hydrogen-bond acceptors (Lipinski definition) is 4. The summed E-state index contributed by atoms with van der Waals surface area (Å²) in [5, 5.41) is 2.99. The Kier molecular flexibility index (Phi) is 6.26. The first-order valence-electron chi connectivity index (χ1n) is 7.82. The van der Waals surface area contributed by atoms with Crippen molar-refractivity contribution in [1.82, 2.24) is 5.32 Å². The van der Waals surface area contributed by atoms with Gasteiger partial charge in [0, 0.05) is 25.6 Å².